The minimum Gasteiger partial charge on any atom is -0.444 e. The normalized spacial score (nSPS) is 19.6. The predicted molar refractivity (Wildman–Crippen MR) is 98.4 cm³/mol. The Morgan fingerprint density at radius 3 is 2.64 bits per heavy atom. The highest BCUT2D eigenvalue weighted by Crippen LogP contribution is 2.30. The number of aliphatic imine (C=N–C) groups is 1. The summed E-state index contributed by atoms with van der Waals surface area (Å²) in [5, 5.41) is 3.27. The lowest BCUT2D eigenvalue weighted by atomic mass is 9.98. The van der Waals surface area contributed by atoms with Gasteiger partial charge in [-0.25, -0.2) is 9.18 Å². The molecule has 0 unspecified atom stereocenters. The molecule has 1 amide bonds. The second kappa shape index (κ2) is 6.37. The molecule has 1 aromatic carbocycles. The largest absolute Gasteiger partial charge is 0.444 e. The van der Waals surface area contributed by atoms with Crippen molar-refractivity contribution >= 4 is 29.0 Å². The Morgan fingerprint density at radius 1 is 1.36 bits per heavy atom. The van der Waals surface area contributed by atoms with Gasteiger partial charge >= 0.3 is 6.09 Å². The van der Waals surface area contributed by atoms with Crippen LogP contribution in [0.2, 0.25) is 0 Å². The first kappa shape index (κ1) is 17.8. The maximum atomic E-state index is 13.5. The van der Waals surface area contributed by atoms with Gasteiger partial charge in [0.25, 0.3) is 0 Å². The average molecular weight is 363 g/mol. The fourth-order valence-corrected chi connectivity index (χ4v) is 3.37. The zero-order chi connectivity index (χ0) is 18.2. The van der Waals surface area contributed by atoms with Gasteiger partial charge in [-0.2, -0.15) is 0 Å². The summed E-state index contributed by atoms with van der Waals surface area (Å²) in [4.78, 5) is 19.2. The lowest BCUT2D eigenvalue weighted by Gasteiger charge is -2.38. The van der Waals surface area contributed by atoms with E-state index in [1.165, 1.54) is 12.1 Å². The van der Waals surface area contributed by atoms with Crippen LogP contribution in [0.5, 0.6) is 0 Å². The molecule has 0 saturated carbocycles. The van der Waals surface area contributed by atoms with Crippen molar-refractivity contribution in [3.05, 3.63) is 35.6 Å². The van der Waals surface area contributed by atoms with Crippen LogP contribution in [0.15, 0.2) is 29.3 Å². The molecule has 134 valence electrons. The number of likely N-dealkylation sites (tertiary alicyclic amines) is 1. The van der Waals surface area contributed by atoms with Crippen molar-refractivity contribution in [3.63, 3.8) is 0 Å². The van der Waals surface area contributed by atoms with Gasteiger partial charge in [0.05, 0.1) is 0 Å². The molecule has 1 saturated heterocycles. The molecular weight excluding hydrogens is 341 g/mol. The van der Waals surface area contributed by atoms with Gasteiger partial charge in [-0.1, -0.05) is 24.4 Å². The number of nitrogens with one attached hydrogen (secondary N) is 1. The Bertz CT molecular complexity index is 734. The van der Waals surface area contributed by atoms with E-state index in [1.807, 2.05) is 20.8 Å². The maximum absolute atomic E-state index is 13.5. The van der Waals surface area contributed by atoms with Crippen molar-refractivity contribution in [1.29, 1.82) is 0 Å². The van der Waals surface area contributed by atoms with Crippen LogP contribution >= 0.6 is 12.2 Å². The minimum absolute atomic E-state index is 0.308. The van der Waals surface area contributed by atoms with Gasteiger partial charge in [0.2, 0.25) is 0 Å². The van der Waals surface area contributed by atoms with E-state index >= 15 is 0 Å². The summed E-state index contributed by atoms with van der Waals surface area (Å²) >= 11 is 5.40. The van der Waals surface area contributed by atoms with E-state index in [9.17, 15) is 9.18 Å². The first-order valence-corrected chi connectivity index (χ1v) is 8.75. The third-order valence-corrected chi connectivity index (χ3v) is 4.52. The molecule has 2 aliphatic heterocycles. The van der Waals surface area contributed by atoms with Crippen molar-refractivity contribution in [2.45, 2.75) is 44.9 Å². The summed E-state index contributed by atoms with van der Waals surface area (Å²) in [6.45, 7) is 6.61. The van der Waals surface area contributed by atoms with Crippen molar-refractivity contribution in [1.82, 2.24) is 10.2 Å². The Labute approximate surface area is 152 Å². The van der Waals surface area contributed by atoms with Crippen molar-refractivity contribution < 1.29 is 13.9 Å². The second-order valence-corrected chi connectivity index (χ2v) is 7.83. The zero-order valence-electron chi connectivity index (χ0n) is 14.6. The maximum Gasteiger partial charge on any atom is 0.410 e. The number of carbonyl (C=O) groups is 1. The van der Waals surface area contributed by atoms with Crippen LogP contribution in [0.4, 0.5) is 9.18 Å². The predicted octanol–water partition coefficient (Wildman–Crippen LogP) is 3.27. The van der Waals surface area contributed by atoms with Crippen LogP contribution in [0.3, 0.4) is 0 Å². The van der Waals surface area contributed by atoms with E-state index < -0.39 is 11.3 Å². The Morgan fingerprint density at radius 2 is 2.04 bits per heavy atom. The van der Waals surface area contributed by atoms with Gasteiger partial charge in [-0.15, -0.1) is 0 Å². The number of rotatable bonds is 1. The fraction of sp³-hybridized carbons (Fsp3) is 0.500. The monoisotopic (exact) mass is 363 g/mol. The number of benzene rings is 1. The van der Waals surface area contributed by atoms with E-state index in [1.54, 1.807) is 17.0 Å². The topological polar surface area (TPSA) is 53.9 Å². The van der Waals surface area contributed by atoms with E-state index in [4.69, 9.17) is 21.9 Å². The quantitative estimate of drug-likeness (QED) is 0.778. The molecule has 2 heterocycles. The third-order valence-electron chi connectivity index (χ3n) is 4.23. The van der Waals surface area contributed by atoms with Gasteiger partial charge in [-0.05, 0) is 32.9 Å². The first-order chi connectivity index (χ1) is 11.7. The first-order valence-electron chi connectivity index (χ1n) is 8.34. The third kappa shape index (κ3) is 3.98. The molecule has 25 heavy (non-hydrogen) atoms. The molecule has 2 aliphatic rings. The second-order valence-electron chi connectivity index (χ2n) is 7.42. The molecule has 7 heteroatoms. The molecule has 0 bridgehead atoms. The Balaban J connectivity index is 1.71. The number of hydrogen-bond acceptors (Lipinski definition) is 4. The molecule has 5 nitrogen and oxygen atoms in total. The van der Waals surface area contributed by atoms with Crippen molar-refractivity contribution in [3.8, 4) is 0 Å². The van der Waals surface area contributed by atoms with Gasteiger partial charge < -0.3 is 15.0 Å². The molecule has 1 N–H and O–H groups in total. The van der Waals surface area contributed by atoms with Crippen LogP contribution < -0.4 is 5.32 Å². The molecule has 1 fully saturated rings. The highest BCUT2D eigenvalue weighted by molar-refractivity contribution is 7.82. The summed E-state index contributed by atoms with van der Waals surface area (Å²) < 4.78 is 18.9. The van der Waals surface area contributed by atoms with Crippen LogP contribution in [0.1, 0.15) is 39.2 Å². The Hall–Kier alpha value is -2.02. The summed E-state index contributed by atoms with van der Waals surface area (Å²) in [7, 11) is 0. The van der Waals surface area contributed by atoms with Gasteiger partial charge in [0.15, 0.2) is 0 Å². The van der Waals surface area contributed by atoms with Gasteiger partial charge in [-0.3, -0.25) is 4.99 Å². The Kier molecular flexibility index (Phi) is 4.53. The van der Waals surface area contributed by atoms with Crippen LogP contribution in [-0.4, -0.2) is 46.0 Å². The lowest BCUT2D eigenvalue weighted by molar-refractivity contribution is 0.0165. The number of nitrogens with zero attached hydrogens (tertiary/aromatic N) is 2. The molecular formula is C18H22FN3O2S. The summed E-state index contributed by atoms with van der Waals surface area (Å²) in [5.41, 5.74) is 0.253. The lowest BCUT2D eigenvalue weighted by Crippen LogP contribution is -2.52. The van der Waals surface area contributed by atoms with E-state index in [-0.39, 0.29) is 11.9 Å². The van der Waals surface area contributed by atoms with Crippen molar-refractivity contribution in [2.75, 3.05) is 13.1 Å². The molecule has 3 rings (SSSR count). The molecule has 0 aliphatic carbocycles. The van der Waals surface area contributed by atoms with E-state index in [0.717, 1.165) is 0 Å². The van der Waals surface area contributed by atoms with Crippen LogP contribution in [0.25, 0.3) is 0 Å². The van der Waals surface area contributed by atoms with E-state index in [2.05, 4.69) is 5.32 Å². The molecule has 0 radical (unpaired) electrons. The summed E-state index contributed by atoms with van der Waals surface area (Å²) in [6, 6.07) is 6.27. The molecule has 1 aromatic rings. The standard InChI is InChI=1S/C18H22FN3O2S/c1-17(2,3)24-16(23)22-9-7-18(8-10-22)20-14(15(25)21-18)12-5-4-6-13(19)11-12/h4-6,11H,7-10H2,1-3H3,(H,21,25). The molecule has 1 spiro atoms. The minimum atomic E-state index is -0.517. The number of halogens is 1. The van der Waals surface area contributed by atoms with Gasteiger partial charge in [0, 0.05) is 31.5 Å². The van der Waals surface area contributed by atoms with E-state index in [0.29, 0.717) is 42.2 Å². The highest BCUT2D eigenvalue weighted by Gasteiger charge is 2.42. The number of hydrogen-bond donors (Lipinski definition) is 1. The van der Waals surface area contributed by atoms with Gasteiger partial charge in [0.1, 0.15) is 27.8 Å². The number of piperidine rings is 1. The number of ether oxygens (including phenoxy) is 1. The number of thiocarbonyl (C=S) groups is 1. The van der Waals surface area contributed by atoms with Crippen molar-refractivity contribution in [2.24, 2.45) is 4.99 Å². The summed E-state index contributed by atoms with van der Waals surface area (Å²) in [6.07, 6.45) is 0.952. The molecule has 0 aromatic heterocycles. The van der Waals surface area contributed by atoms with Crippen LogP contribution in [0, 0.1) is 5.82 Å². The fourth-order valence-electron chi connectivity index (χ4n) is 3.02. The number of carbonyl (C=O) groups excluding carboxylic acids is 1. The zero-order valence-corrected chi connectivity index (χ0v) is 15.5. The highest BCUT2D eigenvalue weighted by atomic mass is 32.1. The SMILES string of the molecule is CC(C)(C)OC(=O)N1CCC2(CC1)N=C(c1cccc(F)c1)C(=S)N2. The molecule has 0 atom stereocenters. The smallest absolute Gasteiger partial charge is 0.410 e. The average Bonchev–Trinajstić information content (AvgIpc) is 2.82. The van der Waals surface area contributed by atoms with Crippen LogP contribution in [-0.2, 0) is 4.74 Å². The number of amides is 1. The summed E-state index contributed by atoms with van der Waals surface area (Å²) in [5.74, 6) is -0.316.